The van der Waals surface area contributed by atoms with Crippen LogP contribution in [0, 0.1) is 0 Å². The molecule has 1 rings (SSSR count). The molecule has 0 spiro atoms. The van der Waals surface area contributed by atoms with Gasteiger partial charge in [0.1, 0.15) is 0 Å². The van der Waals surface area contributed by atoms with Crippen molar-refractivity contribution in [3.63, 3.8) is 0 Å². The molecule has 0 aliphatic carbocycles. The quantitative estimate of drug-likeness (QED) is 0.550. The van der Waals surface area contributed by atoms with Crippen molar-refractivity contribution in [2.45, 2.75) is 31.3 Å². The molecule has 0 fully saturated rings. The van der Waals surface area contributed by atoms with Gasteiger partial charge in [-0.2, -0.15) is 0 Å². The van der Waals surface area contributed by atoms with Crippen LogP contribution >= 0.6 is 0 Å². The monoisotopic (exact) mass is 266 g/mol. The highest BCUT2D eigenvalue weighted by Crippen LogP contribution is 2.09. The summed E-state index contributed by atoms with van der Waals surface area (Å²) in [6, 6.07) is 8.77. The van der Waals surface area contributed by atoms with Crippen LogP contribution in [0.5, 0.6) is 0 Å². The first kappa shape index (κ1) is 15.6. The average molecular weight is 266 g/mol. The zero-order valence-corrected chi connectivity index (χ0v) is 11.2. The Hall–Kier alpha value is -1.43. The standard InChI is InChI=1S/C14H22N2O3/c1-2-14(9-17,10-18)16-13(19)12(15)8-11-6-4-3-5-7-11/h3-7,12,17-18H,2,8-10,15H2,1H3,(H,16,19)/t12-/m1/s1. The Kier molecular flexibility index (Phi) is 5.95. The highest BCUT2D eigenvalue weighted by Gasteiger charge is 2.30. The molecule has 0 bridgehead atoms. The molecule has 0 aliphatic rings. The van der Waals surface area contributed by atoms with E-state index in [2.05, 4.69) is 5.32 Å². The molecule has 1 aromatic carbocycles. The Balaban J connectivity index is 2.62. The highest BCUT2D eigenvalue weighted by atomic mass is 16.3. The van der Waals surface area contributed by atoms with E-state index in [0.29, 0.717) is 12.8 Å². The topological polar surface area (TPSA) is 95.6 Å². The molecule has 5 nitrogen and oxygen atoms in total. The van der Waals surface area contributed by atoms with Crippen LogP contribution in [0.3, 0.4) is 0 Å². The summed E-state index contributed by atoms with van der Waals surface area (Å²) >= 11 is 0. The predicted octanol–water partition coefficient (Wildman–Crippen LogP) is -0.194. The van der Waals surface area contributed by atoms with Crippen LogP contribution in [0.2, 0.25) is 0 Å². The fourth-order valence-electron chi connectivity index (χ4n) is 1.76. The molecule has 19 heavy (non-hydrogen) atoms. The van der Waals surface area contributed by atoms with Crippen molar-refractivity contribution in [2.24, 2.45) is 5.73 Å². The first-order valence-corrected chi connectivity index (χ1v) is 6.40. The molecule has 106 valence electrons. The van der Waals surface area contributed by atoms with Gasteiger partial charge in [0.15, 0.2) is 0 Å². The maximum atomic E-state index is 12.0. The summed E-state index contributed by atoms with van der Waals surface area (Å²) in [5.74, 6) is -0.367. The van der Waals surface area contributed by atoms with Gasteiger partial charge in [0, 0.05) is 0 Å². The molecule has 1 atom stereocenters. The van der Waals surface area contributed by atoms with Crippen LogP contribution in [-0.4, -0.2) is 40.9 Å². The Morgan fingerprint density at radius 3 is 2.37 bits per heavy atom. The summed E-state index contributed by atoms with van der Waals surface area (Å²) in [5, 5.41) is 21.2. The Bertz CT molecular complexity index is 383. The second-order valence-corrected chi connectivity index (χ2v) is 4.74. The zero-order chi connectivity index (χ0) is 14.3. The van der Waals surface area contributed by atoms with E-state index in [0.717, 1.165) is 5.56 Å². The molecule has 0 unspecified atom stereocenters. The third-order valence-electron chi connectivity index (χ3n) is 3.31. The average Bonchev–Trinajstić information content (AvgIpc) is 2.45. The molecule has 0 saturated heterocycles. The van der Waals surface area contributed by atoms with Crippen molar-refractivity contribution in [2.75, 3.05) is 13.2 Å². The number of carbonyl (C=O) groups excluding carboxylic acids is 1. The summed E-state index contributed by atoms with van der Waals surface area (Å²) in [5.41, 5.74) is 5.82. The largest absolute Gasteiger partial charge is 0.394 e. The van der Waals surface area contributed by atoms with E-state index in [1.54, 1.807) is 6.92 Å². The lowest BCUT2D eigenvalue weighted by molar-refractivity contribution is -0.125. The van der Waals surface area contributed by atoms with Crippen molar-refractivity contribution < 1.29 is 15.0 Å². The van der Waals surface area contributed by atoms with E-state index in [1.807, 2.05) is 30.3 Å². The molecule has 5 N–H and O–H groups in total. The Morgan fingerprint density at radius 1 is 1.32 bits per heavy atom. The molecule has 5 heteroatoms. The van der Waals surface area contributed by atoms with E-state index in [4.69, 9.17) is 5.73 Å². The molecular weight excluding hydrogens is 244 g/mol. The zero-order valence-electron chi connectivity index (χ0n) is 11.2. The number of hydrogen-bond donors (Lipinski definition) is 4. The van der Waals surface area contributed by atoms with Gasteiger partial charge in [-0.15, -0.1) is 0 Å². The SMILES string of the molecule is CCC(CO)(CO)NC(=O)[C@H](N)Cc1ccccc1. The minimum absolute atomic E-state index is 0.316. The van der Waals surface area contributed by atoms with Gasteiger partial charge in [-0.1, -0.05) is 37.3 Å². The summed E-state index contributed by atoms with van der Waals surface area (Å²) in [7, 11) is 0. The van der Waals surface area contributed by atoms with E-state index in [1.165, 1.54) is 0 Å². The minimum atomic E-state index is -0.995. The summed E-state index contributed by atoms with van der Waals surface area (Å²) in [4.78, 5) is 12.0. The molecular formula is C14H22N2O3. The lowest BCUT2D eigenvalue weighted by Crippen LogP contribution is -2.58. The number of amides is 1. The third kappa shape index (κ3) is 4.31. The molecule has 1 aromatic rings. The van der Waals surface area contributed by atoms with E-state index in [-0.39, 0.29) is 19.1 Å². The third-order valence-corrected chi connectivity index (χ3v) is 3.31. The number of carbonyl (C=O) groups is 1. The normalized spacial score (nSPS) is 13.1. The van der Waals surface area contributed by atoms with Crippen molar-refractivity contribution in [1.29, 1.82) is 0 Å². The van der Waals surface area contributed by atoms with Gasteiger partial charge in [0.25, 0.3) is 0 Å². The molecule has 1 amide bonds. The Labute approximate surface area is 113 Å². The number of aliphatic hydroxyl groups is 2. The first-order chi connectivity index (χ1) is 9.06. The molecule has 0 aliphatic heterocycles. The van der Waals surface area contributed by atoms with Gasteiger partial charge >= 0.3 is 0 Å². The highest BCUT2D eigenvalue weighted by molar-refractivity contribution is 5.82. The lowest BCUT2D eigenvalue weighted by Gasteiger charge is -2.31. The van der Waals surface area contributed by atoms with Crippen molar-refractivity contribution in [1.82, 2.24) is 5.32 Å². The first-order valence-electron chi connectivity index (χ1n) is 6.40. The smallest absolute Gasteiger partial charge is 0.237 e. The van der Waals surface area contributed by atoms with Gasteiger partial charge in [-0.3, -0.25) is 4.79 Å². The fourth-order valence-corrected chi connectivity index (χ4v) is 1.76. The van der Waals surface area contributed by atoms with Gasteiger partial charge in [0.05, 0.1) is 24.8 Å². The van der Waals surface area contributed by atoms with Gasteiger partial charge in [-0.25, -0.2) is 0 Å². The number of nitrogens with one attached hydrogen (secondary N) is 1. The number of rotatable bonds is 7. The summed E-state index contributed by atoms with van der Waals surface area (Å²) in [6.45, 7) is 1.16. The summed E-state index contributed by atoms with van der Waals surface area (Å²) in [6.07, 6.45) is 0.854. The van der Waals surface area contributed by atoms with E-state index >= 15 is 0 Å². The van der Waals surface area contributed by atoms with Crippen LogP contribution in [-0.2, 0) is 11.2 Å². The van der Waals surface area contributed by atoms with Crippen LogP contribution in [0.4, 0.5) is 0 Å². The predicted molar refractivity (Wildman–Crippen MR) is 73.5 cm³/mol. The van der Waals surface area contributed by atoms with Crippen LogP contribution < -0.4 is 11.1 Å². The van der Waals surface area contributed by atoms with Crippen LogP contribution in [0.25, 0.3) is 0 Å². The van der Waals surface area contributed by atoms with Gasteiger partial charge in [-0.05, 0) is 18.4 Å². The summed E-state index contributed by atoms with van der Waals surface area (Å²) < 4.78 is 0. The molecule has 0 radical (unpaired) electrons. The minimum Gasteiger partial charge on any atom is -0.394 e. The van der Waals surface area contributed by atoms with Crippen molar-refractivity contribution in [3.8, 4) is 0 Å². The molecule has 0 saturated carbocycles. The second kappa shape index (κ2) is 7.23. The van der Waals surface area contributed by atoms with E-state index in [9.17, 15) is 15.0 Å². The van der Waals surface area contributed by atoms with Gasteiger partial charge < -0.3 is 21.3 Å². The maximum absolute atomic E-state index is 12.0. The van der Waals surface area contributed by atoms with Gasteiger partial charge in [0.2, 0.25) is 5.91 Å². The van der Waals surface area contributed by atoms with E-state index < -0.39 is 11.6 Å². The Morgan fingerprint density at radius 2 is 1.89 bits per heavy atom. The van der Waals surface area contributed by atoms with Crippen LogP contribution in [0.1, 0.15) is 18.9 Å². The van der Waals surface area contributed by atoms with Crippen molar-refractivity contribution in [3.05, 3.63) is 35.9 Å². The maximum Gasteiger partial charge on any atom is 0.237 e. The molecule has 0 aromatic heterocycles. The number of hydrogen-bond acceptors (Lipinski definition) is 4. The number of benzene rings is 1. The van der Waals surface area contributed by atoms with Crippen LogP contribution in [0.15, 0.2) is 30.3 Å². The van der Waals surface area contributed by atoms with Crippen molar-refractivity contribution >= 4 is 5.91 Å². The number of aliphatic hydroxyl groups excluding tert-OH is 2. The second-order valence-electron chi connectivity index (χ2n) is 4.74. The fraction of sp³-hybridized carbons (Fsp3) is 0.500. The molecule has 0 heterocycles. The lowest BCUT2D eigenvalue weighted by atomic mass is 9.97. The number of nitrogens with two attached hydrogens (primary N) is 1.